The maximum Gasteiger partial charge on any atom is 0.308 e. The molecule has 0 saturated carbocycles. The Morgan fingerprint density at radius 2 is 1.53 bits per heavy atom. The molecule has 0 aliphatic rings. The van der Waals surface area contributed by atoms with Crippen molar-refractivity contribution in [3.8, 4) is 16.9 Å². The predicted molar refractivity (Wildman–Crippen MR) is 121 cm³/mol. The number of rotatable bonds is 6. The molecule has 0 saturated heterocycles. The summed E-state index contributed by atoms with van der Waals surface area (Å²) in [5, 5.41) is 10.0. The van der Waals surface area contributed by atoms with Gasteiger partial charge in [0.15, 0.2) is 0 Å². The Morgan fingerprint density at radius 3 is 2.17 bits per heavy atom. The van der Waals surface area contributed by atoms with Crippen LogP contribution in [0.15, 0.2) is 83.9 Å². The number of aliphatic imine (C=N–C) groups is 1. The molecule has 3 aromatic rings. The molecule has 0 amide bonds. The minimum atomic E-state index is -0.555. The normalized spacial score (nSPS) is 12.6. The van der Waals surface area contributed by atoms with E-state index >= 15 is 0 Å². The second-order valence-corrected chi connectivity index (χ2v) is 8.13. The maximum absolute atomic E-state index is 12.5. The summed E-state index contributed by atoms with van der Waals surface area (Å²) in [7, 11) is 0. The number of phenols is 1. The van der Waals surface area contributed by atoms with Crippen molar-refractivity contribution in [2.24, 2.45) is 4.99 Å². The molecule has 0 aliphatic heterocycles. The van der Waals surface area contributed by atoms with Crippen LogP contribution in [0, 0.1) is 0 Å². The van der Waals surface area contributed by atoms with Gasteiger partial charge >= 0.3 is 5.97 Å². The van der Waals surface area contributed by atoms with Gasteiger partial charge in [-0.15, -0.1) is 0 Å². The fourth-order valence-corrected chi connectivity index (χ4v) is 3.09. The Labute approximate surface area is 177 Å². The fourth-order valence-electron chi connectivity index (χ4n) is 3.09. The van der Waals surface area contributed by atoms with Gasteiger partial charge in [-0.1, -0.05) is 66.7 Å². The van der Waals surface area contributed by atoms with Gasteiger partial charge in [-0.3, -0.25) is 9.79 Å². The zero-order valence-corrected chi connectivity index (χ0v) is 17.6. The number of nitrogens with zero attached hydrogens (tertiary/aromatic N) is 1. The highest BCUT2D eigenvalue weighted by Crippen LogP contribution is 2.27. The van der Waals surface area contributed by atoms with Crippen LogP contribution in [-0.4, -0.2) is 22.9 Å². The van der Waals surface area contributed by atoms with Crippen LogP contribution in [0.4, 0.5) is 0 Å². The first-order valence-electron chi connectivity index (χ1n) is 10.0. The second kappa shape index (κ2) is 9.40. The lowest BCUT2D eigenvalue weighted by atomic mass is 9.99. The lowest BCUT2D eigenvalue weighted by Crippen LogP contribution is -2.24. The van der Waals surface area contributed by atoms with E-state index in [2.05, 4.69) is 17.1 Å². The molecule has 3 rings (SSSR count). The molecule has 0 fully saturated rings. The monoisotopic (exact) mass is 401 g/mol. The van der Waals surface area contributed by atoms with E-state index in [1.54, 1.807) is 24.4 Å². The molecular weight excluding hydrogens is 374 g/mol. The van der Waals surface area contributed by atoms with Gasteiger partial charge in [0.1, 0.15) is 11.4 Å². The minimum Gasteiger partial charge on any atom is -0.507 e. The van der Waals surface area contributed by atoms with E-state index in [0.717, 1.165) is 16.7 Å². The predicted octanol–water partition coefficient (Wildman–Crippen LogP) is 5.95. The van der Waals surface area contributed by atoms with Gasteiger partial charge in [-0.2, -0.15) is 0 Å². The number of hydrogen-bond acceptors (Lipinski definition) is 4. The zero-order valence-electron chi connectivity index (χ0n) is 17.6. The standard InChI is InChI=1S/C26H27NO3/c1-26(2,3)30-25(29)17-23(27-18-22-11-7-8-12-24(22)28)21-15-13-20(14-16-21)19-9-5-4-6-10-19/h4-16,18,23,28H,17H2,1-3H3/t23-/m0/s1. The van der Waals surface area contributed by atoms with Gasteiger partial charge in [-0.25, -0.2) is 0 Å². The van der Waals surface area contributed by atoms with E-state index in [4.69, 9.17) is 4.74 Å². The molecule has 154 valence electrons. The van der Waals surface area contributed by atoms with Gasteiger partial charge < -0.3 is 9.84 Å². The molecule has 0 radical (unpaired) electrons. The Balaban J connectivity index is 1.86. The summed E-state index contributed by atoms with van der Waals surface area (Å²) in [4.78, 5) is 17.1. The third-order valence-electron chi connectivity index (χ3n) is 4.51. The number of para-hydroxylation sites is 1. The average Bonchev–Trinajstić information content (AvgIpc) is 2.71. The molecule has 0 aliphatic carbocycles. The molecule has 0 heterocycles. The quantitative estimate of drug-likeness (QED) is 0.410. The van der Waals surface area contributed by atoms with Crippen LogP contribution in [-0.2, 0) is 9.53 Å². The summed E-state index contributed by atoms with van der Waals surface area (Å²) in [6.07, 6.45) is 1.72. The van der Waals surface area contributed by atoms with Gasteiger partial charge in [0.05, 0.1) is 12.5 Å². The number of esters is 1. The second-order valence-electron chi connectivity index (χ2n) is 8.13. The SMILES string of the molecule is CC(C)(C)OC(=O)C[C@H](N=Cc1ccccc1O)c1ccc(-c2ccccc2)cc1. The van der Waals surface area contributed by atoms with Crippen LogP contribution in [0.1, 0.15) is 44.4 Å². The number of ether oxygens (including phenoxy) is 1. The van der Waals surface area contributed by atoms with Gasteiger partial charge in [0, 0.05) is 11.8 Å². The average molecular weight is 402 g/mol. The molecule has 4 heteroatoms. The van der Waals surface area contributed by atoms with E-state index in [9.17, 15) is 9.90 Å². The Hall–Kier alpha value is -3.40. The smallest absolute Gasteiger partial charge is 0.308 e. The first-order valence-corrected chi connectivity index (χ1v) is 10.0. The van der Waals surface area contributed by atoms with E-state index < -0.39 is 11.6 Å². The van der Waals surface area contributed by atoms with E-state index in [-0.39, 0.29) is 18.1 Å². The maximum atomic E-state index is 12.5. The molecule has 0 unspecified atom stereocenters. The minimum absolute atomic E-state index is 0.117. The highest BCUT2D eigenvalue weighted by Gasteiger charge is 2.21. The largest absolute Gasteiger partial charge is 0.507 e. The van der Waals surface area contributed by atoms with Crippen LogP contribution >= 0.6 is 0 Å². The number of hydrogen-bond donors (Lipinski definition) is 1. The molecule has 30 heavy (non-hydrogen) atoms. The van der Waals surface area contributed by atoms with Crippen molar-refractivity contribution in [2.75, 3.05) is 0 Å². The number of carbonyl (C=O) groups is 1. The summed E-state index contributed by atoms with van der Waals surface area (Å²) in [5.41, 5.74) is 3.19. The third kappa shape index (κ3) is 6.05. The summed E-state index contributed by atoms with van der Waals surface area (Å²) < 4.78 is 5.50. The molecule has 0 aromatic heterocycles. The van der Waals surface area contributed by atoms with E-state index in [1.165, 1.54) is 0 Å². The lowest BCUT2D eigenvalue weighted by molar-refractivity contribution is -0.155. The van der Waals surface area contributed by atoms with Crippen LogP contribution in [0.5, 0.6) is 5.75 Å². The first-order chi connectivity index (χ1) is 14.3. The summed E-state index contributed by atoms with van der Waals surface area (Å²) in [5.74, 6) is -0.161. The zero-order chi connectivity index (χ0) is 21.6. The highest BCUT2D eigenvalue weighted by molar-refractivity contribution is 5.83. The number of carbonyl (C=O) groups excluding carboxylic acids is 1. The highest BCUT2D eigenvalue weighted by atomic mass is 16.6. The molecule has 1 N–H and O–H groups in total. The molecule has 1 atom stereocenters. The van der Waals surface area contributed by atoms with Crippen LogP contribution < -0.4 is 0 Å². The Morgan fingerprint density at radius 1 is 0.933 bits per heavy atom. The van der Waals surface area contributed by atoms with Crippen molar-refractivity contribution in [1.29, 1.82) is 0 Å². The van der Waals surface area contributed by atoms with Gasteiger partial charge in [0.25, 0.3) is 0 Å². The van der Waals surface area contributed by atoms with Crippen molar-refractivity contribution in [3.05, 3.63) is 90.0 Å². The van der Waals surface area contributed by atoms with Crippen molar-refractivity contribution in [1.82, 2.24) is 0 Å². The summed E-state index contributed by atoms with van der Waals surface area (Å²) in [6.45, 7) is 5.54. The van der Waals surface area contributed by atoms with Crippen molar-refractivity contribution in [2.45, 2.75) is 38.8 Å². The molecule has 4 nitrogen and oxygen atoms in total. The first kappa shape index (κ1) is 21.3. The fraction of sp³-hybridized carbons (Fsp3) is 0.231. The van der Waals surface area contributed by atoms with Crippen LogP contribution in [0.3, 0.4) is 0 Å². The molecule has 0 spiro atoms. The molecular formula is C26H27NO3. The Bertz CT molecular complexity index is 1000. The van der Waals surface area contributed by atoms with Gasteiger partial charge in [0.2, 0.25) is 0 Å². The summed E-state index contributed by atoms with van der Waals surface area (Å²) in [6, 6.07) is 24.7. The van der Waals surface area contributed by atoms with Crippen LogP contribution in [0.25, 0.3) is 11.1 Å². The number of aromatic hydroxyl groups is 1. The molecule has 0 bridgehead atoms. The third-order valence-corrected chi connectivity index (χ3v) is 4.51. The topological polar surface area (TPSA) is 58.9 Å². The van der Waals surface area contributed by atoms with E-state index in [1.807, 2.05) is 69.3 Å². The van der Waals surface area contributed by atoms with Gasteiger partial charge in [-0.05, 0) is 49.6 Å². The van der Waals surface area contributed by atoms with Crippen molar-refractivity contribution in [3.63, 3.8) is 0 Å². The Kier molecular flexibility index (Phi) is 6.68. The number of benzene rings is 3. The van der Waals surface area contributed by atoms with Crippen molar-refractivity contribution < 1.29 is 14.6 Å². The lowest BCUT2D eigenvalue weighted by Gasteiger charge is -2.21. The van der Waals surface area contributed by atoms with Crippen molar-refractivity contribution >= 4 is 12.2 Å². The van der Waals surface area contributed by atoms with E-state index in [0.29, 0.717) is 5.56 Å². The van der Waals surface area contributed by atoms with Crippen LogP contribution in [0.2, 0.25) is 0 Å². The molecule has 3 aromatic carbocycles. The number of phenolic OH excluding ortho intramolecular Hbond substituents is 1. The summed E-state index contributed by atoms with van der Waals surface area (Å²) >= 11 is 0.